The fourth-order valence-corrected chi connectivity index (χ4v) is 0.243. The third kappa shape index (κ3) is 23.5. The van der Waals surface area contributed by atoms with E-state index in [4.69, 9.17) is 15.6 Å². The summed E-state index contributed by atoms with van der Waals surface area (Å²) in [5.74, 6) is -0.0718. The van der Waals surface area contributed by atoms with Crippen LogP contribution in [0.15, 0.2) is 0 Å². The summed E-state index contributed by atoms with van der Waals surface area (Å²) >= 11 is 0. The maximum absolute atomic E-state index is 9.82. The van der Waals surface area contributed by atoms with E-state index >= 15 is 0 Å². The van der Waals surface area contributed by atoms with Gasteiger partial charge in [-0.1, -0.05) is 0 Å². The fraction of sp³-hybridized carbons (Fsp3) is 0.625. The van der Waals surface area contributed by atoms with Gasteiger partial charge in [-0.25, -0.2) is 0 Å². The summed E-state index contributed by atoms with van der Waals surface area (Å²) in [6.45, 7) is 2.98. The predicted octanol–water partition coefficient (Wildman–Crippen LogP) is 0.770. The predicted molar refractivity (Wildman–Crippen MR) is 42.8 cm³/mol. The number of carbonyl (C=O) groups excluding carboxylic acids is 1. The summed E-state index contributed by atoms with van der Waals surface area (Å²) in [6.07, 6.45) is -0.185. The van der Waals surface area contributed by atoms with Crippen LogP contribution in [-0.4, -0.2) is 17.0 Å². The number of ketones is 1. The van der Waals surface area contributed by atoms with Crippen molar-refractivity contribution in [3.05, 3.63) is 0 Å². The molecule has 0 fully saturated rings. The molecule has 0 amide bonds. The van der Waals surface area contributed by atoms with Gasteiger partial charge in [-0.05, 0) is 13.8 Å². The van der Waals surface area contributed by atoms with Gasteiger partial charge in [-0.3, -0.25) is 4.79 Å². The minimum atomic E-state index is -0.463. The number of nitriles is 2. The van der Waals surface area contributed by atoms with Crippen molar-refractivity contribution in [2.24, 2.45) is 0 Å². The van der Waals surface area contributed by atoms with Crippen molar-refractivity contribution in [3.63, 3.8) is 0 Å². The zero-order chi connectivity index (χ0) is 9.98. The topological polar surface area (TPSA) is 84.9 Å². The number of aliphatic hydroxyl groups excluding tert-OH is 1. The molecule has 0 bridgehead atoms. The van der Waals surface area contributed by atoms with Gasteiger partial charge in [0, 0.05) is 0 Å². The van der Waals surface area contributed by atoms with Crippen LogP contribution in [-0.2, 0) is 4.79 Å². The molecule has 0 aliphatic carbocycles. The molecule has 1 atom stereocenters. The van der Waals surface area contributed by atoms with Crippen LogP contribution in [0.4, 0.5) is 0 Å². The van der Waals surface area contributed by atoms with Gasteiger partial charge in [0.25, 0.3) is 0 Å². The van der Waals surface area contributed by atoms with Crippen LogP contribution in [0.5, 0.6) is 0 Å². The quantitative estimate of drug-likeness (QED) is 0.659. The summed E-state index contributed by atoms with van der Waals surface area (Å²) in [5.41, 5.74) is 0. The van der Waals surface area contributed by atoms with E-state index in [-0.39, 0.29) is 18.6 Å². The molecule has 0 aliphatic heterocycles. The SMILES string of the molecule is CC(=O)CC#N.C[C@@H](O)CC#N. The second kappa shape index (κ2) is 9.61. The van der Waals surface area contributed by atoms with Gasteiger partial charge in [-0.15, -0.1) is 0 Å². The Morgan fingerprint density at radius 2 is 2.00 bits per heavy atom. The Kier molecular flexibility index (Phi) is 10.6. The number of nitrogens with zero attached hydrogens (tertiary/aromatic N) is 2. The standard InChI is InChI=1S/C4H7NO.C4H5NO/c2*1-4(6)2-3-5/h4,6H,2H2,1H3;2H2,1H3/t4-;/m1./s1. The van der Waals surface area contributed by atoms with E-state index in [1.54, 1.807) is 13.0 Å². The lowest BCUT2D eigenvalue weighted by Gasteiger charge is -1.88. The van der Waals surface area contributed by atoms with Gasteiger partial charge in [0.1, 0.15) is 5.78 Å². The number of Topliss-reactive ketones (excluding diaryl/α,β-unsaturated/α-hetero) is 1. The van der Waals surface area contributed by atoms with Gasteiger partial charge < -0.3 is 5.11 Å². The van der Waals surface area contributed by atoms with E-state index in [0.717, 1.165) is 0 Å². The molecule has 0 saturated carbocycles. The first-order chi connectivity index (χ1) is 5.54. The number of aliphatic hydroxyl groups is 1. The fourth-order valence-electron chi connectivity index (χ4n) is 0.243. The number of carbonyl (C=O) groups is 1. The van der Waals surface area contributed by atoms with E-state index in [2.05, 4.69) is 0 Å². The highest BCUT2D eigenvalue weighted by Gasteiger charge is 1.87. The van der Waals surface area contributed by atoms with Crippen LogP contribution >= 0.6 is 0 Å². The Labute approximate surface area is 72.0 Å². The van der Waals surface area contributed by atoms with Crippen molar-refractivity contribution in [3.8, 4) is 12.1 Å². The summed E-state index contributed by atoms with van der Waals surface area (Å²) in [7, 11) is 0. The van der Waals surface area contributed by atoms with Gasteiger partial charge in [0.05, 0.1) is 31.1 Å². The van der Waals surface area contributed by atoms with E-state index in [1.807, 2.05) is 6.07 Å². The molecule has 0 saturated heterocycles. The molecule has 0 aromatic rings. The van der Waals surface area contributed by atoms with E-state index in [1.165, 1.54) is 6.92 Å². The molecule has 0 aliphatic rings. The van der Waals surface area contributed by atoms with Crippen LogP contribution in [0, 0.1) is 22.7 Å². The number of hydrogen-bond acceptors (Lipinski definition) is 4. The summed E-state index contributed by atoms with van der Waals surface area (Å²) in [5, 5.41) is 23.9. The first-order valence-electron chi connectivity index (χ1n) is 3.46. The van der Waals surface area contributed by atoms with E-state index in [9.17, 15) is 4.79 Å². The molecule has 0 rings (SSSR count). The highest BCUT2D eigenvalue weighted by molar-refractivity contribution is 5.77. The van der Waals surface area contributed by atoms with Gasteiger partial charge in [0.2, 0.25) is 0 Å². The van der Waals surface area contributed by atoms with Crippen LogP contribution in [0.2, 0.25) is 0 Å². The molecular formula is C8H12N2O2. The molecule has 0 spiro atoms. The van der Waals surface area contributed by atoms with Crippen molar-refractivity contribution in [2.75, 3.05) is 0 Å². The number of hydrogen-bond donors (Lipinski definition) is 1. The lowest BCUT2D eigenvalue weighted by atomic mass is 10.3. The van der Waals surface area contributed by atoms with Crippen molar-refractivity contribution >= 4 is 5.78 Å². The van der Waals surface area contributed by atoms with Crippen LogP contribution < -0.4 is 0 Å². The molecule has 4 heteroatoms. The average molecular weight is 168 g/mol. The molecular weight excluding hydrogens is 156 g/mol. The zero-order valence-electron chi connectivity index (χ0n) is 7.24. The Morgan fingerprint density at radius 1 is 1.50 bits per heavy atom. The summed E-state index contributed by atoms with van der Waals surface area (Å²) < 4.78 is 0. The molecule has 66 valence electrons. The first-order valence-corrected chi connectivity index (χ1v) is 3.46. The maximum atomic E-state index is 9.82. The molecule has 0 heterocycles. The first kappa shape index (κ1) is 13.2. The summed E-state index contributed by atoms with van der Waals surface area (Å²) in [4.78, 5) is 9.82. The van der Waals surface area contributed by atoms with Crippen molar-refractivity contribution < 1.29 is 9.90 Å². The Bertz CT molecular complexity index is 198. The largest absolute Gasteiger partial charge is 0.392 e. The van der Waals surface area contributed by atoms with Gasteiger partial charge >= 0.3 is 0 Å². The molecule has 1 N–H and O–H groups in total. The summed E-state index contributed by atoms with van der Waals surface area (Å²) in [6, 6.07) is 3.53. The van der Waals surface area contributed by atoms with E-state index < -0.39 is 6.10 Å². The lowest BCUT2D eigenvalue weighted by Crippen LogP contribution is -1.94. The highest BCUT2D eigenvalue weighted by atomic mass is 16.3. The monoisotopic (exact) mass is 168 g/mol. The highest BCUT2D eigenvalue weighted by Crippen LogP contribution is 1.82. The van der Waals surface area contributed by atoms with Gasteiger partial charge in [0.15, 0.2) is 0 Å². The number of rotatable bonds is 2. The minimum absolute atomic E-state index is 0.0417. The Morgan fingerprint density at radius 3 is 2.00 bits per heavy atom. The third-order valence-electron chi connectivity index (χ3n) is 0.715. The Hall–Kier alpha value is -1.39. The van der Waals surface area contributed by atoms with Crippen molar-refractivity contribution in [1.82, 2.24) is 0 Å². The van der Waals surface area contributed by atoms with Crippen molar-refractivity contribution in [1.29, 1.82) is 10.5 Å². The molecule has 0 unspecified atom stereocenters. The normalized spacial score (nSPS) is 9.75. The third-order valence-corrected chi connectivity index (χ3v) is 0.715. The lowest BCUT2D eigenvalue weighted by molar-refractivity contribution is -0.116. The van der Waals surface area contributed by atoms with Crippen LogP contribution in [0.25, 0.3) is 0 Å². The molecule has 0 aromatic heterocycles. The second-order valence-electron chi connectivity index (χ2n) is 2.25. The molecule has 0 aromatic carbocycles. The molecule has 12 heavy (non-hydrogen) atoms. The minimum Gasteiger partial charge on any atom is -0.392 e. The van der Waals surface area contributed by atoms with Crippen LogP contribution in [0.1, 0.15) is 26.7 Å². The smallest absolute Gasteiger partial charge is 0.143 e. The molecule has 0 radical (unpaired) electrons. The zero-order valence-corrected chi connectivity index (χ0v) is 7.24. The van der Waals surface area contributed by atoms with E-state index in [0.29, 0.717) is 0 Å². The van der Waals surface area contributed by atoms with Crippen molar-refractivity contribution in [2.45, 2.75) is 32.8 Å². The van der Waals surface area contributed by atoms with Crippen LogP contribution in [0.3, 0.4) is 0 Å². The molecule has 4 nitrogen and oxygen atoms in total. The second-order valence-corrected chi connectivity index (χ2v) is 2.25. The Balaban J connectivity index is 0. The van der Waals surface area contributed by atoms with Gasteiger partial charge in [-0.2, -0.15) is 10.5 Å². The average Bonchev–Trinajstić information content (AvgIpc) is 1.87. The maximum Gasteiger partial charge on any atom is 0.143 e.